The van der Waals surface area contributed by atoms with E-state index < -0.39 is 5.60 Å². The van der Waals surface area contributed by atoms with Crippen molar-refractivity contribution in [3.8, 4) is 0 Å². The fourth-order valence-electron chi connectivity index (χ4n) is 2.28. The van der Waals surface area contributed by atoms with Crippen LogP contribution in [-0.4, -0.2) is 37.4 Å². The van der Waals surface area contributed by atoms with E-state index >= 15 is 0 Å². The van der Waals surface area contributed by atoms with Gasteiger partial charge in [0.2, 0.25) is 0 Å². The quantitative estimate of drug-likeness (QED) is 0.835. The number of nitrogens with zero attached hydrogens (tertiary/aromatic N) is 1. The molecule has 0 atom stereocenters. The first-order valence-corrected chi connectivity index (χ1v) is 5.99. The molecular formula is C13H19FN2O. The smallest absolute Gasteiger partial charge is 0.123 e. The standard InChI is InChI=1S/C13H19FN2O/c1-16(12-4-2-11(14)3-5-12)10-13(17)6-8-15-9-7-13/h2-5,15,17H,6-10H2,1H3. The largest absolute Gasteiger partial charge is 0.388 e. The van der Waals surface area contributed by atoms with Crippen molar-refractivity contribution in [1.82, 2.24) is 5.32 Å². The van der Waals surface area contributed by atoms with Crippen molar-refractivity contribution < 1.29 is 9.50 Å². The van der Waals surface area contributed by atoms with E-state index in [0.717, 1.165) is 31.6 Å². The van der Waals surface area contributed by atoms with Gasteiger partial charge >= 0.3 is 0 Å². The van der Waals surface area contributed by atoms with Gasteiger partial charge in [0.05, 0.1) is 5.60 Å². The summed E-state index contributed by atoms with van der Waals surface area (Å²) in [7, 11) is 1.92. The van der Waals surface area contributed by atoms with Crippen LogP contribution in [0.5, 0.6) is 0 Å². The second kappa shape index (κ2) is 5.02. The summed E-state index contributed by atoms with van der Waals surface area (Å²) in [6.07, 6.45) is 1.52. The van der Waals surface area contributed by atoms with Crippen LogP contribution in [0, 0.1) is 5.82 Å². The molecule has 94 valence electrons. The lowest BCUT2D eigenvalue weighted by molar-refractivity contribution is 0.0183. The summed E-state index contributed by atoms with van der Waals surface area (Å²) in [5, 5.41) is 13.6. The van der Waals surface area contributed by atoms with E-state index in [2.05, 4.69) is 5.32 Å². The SMILES string of the molecule is CN(CC1(O)CCNCC1)c1ccc(F)cc1. The number of benzene rings is 1. The summed E-state index contributed by atoms with van der Waals surface area (Å²) in [5.41, 5.74) is 0.298. The zero-order chi connectivity index (χ0) is 12.3. The molecule has 0 unspecified atom stereocenters. The molecule has 0 spiro atoms. The van der Waals surface area contributed by atoms with Gasteiger partial charge in [-0.05, 0) is 50.2 Å². The van der Waals surface area contributed by atoms with Crippen molar-refractivity contribution >= 4 is 5.69 Å². The number of halogens is 1. The molecule has 1 aromatic carbocycles. The van der Waals surface area contributed by atoms with Crippen LogP contribution < -0.4 is 10.2 Å². The van der Waals surface area contributed by atoms with E-state index in [0.29, 0.717) is 6.54 Å². The molecular weight excluding hydrogens is 219 g/mol. The Bertz CT molecular complexity index is 360. The van der Waals surface area contributed by atoms with E-state index in [1.807, 2.05) is 11.9 Å². The lowest BCUT2D eigenvalue weighted by atomic mass is 9.92. The lowest BCUT2D eigenvalue weighted by Gasteiger charge is -2.36. The lowest BCUT2D eigenvalue weighted by Crippen LogP contribution is -2.49. The van der Waals surface area contributed by atoms with Gasteiger partial charge in [-0.2, -0.15) is 0 Å². The molecule has 4 heteroatoms. The first-order chi connectivity index (χ1) is 8.09. The molecule has 1 fully saturated rings. The molecule has 1 heterocycles. The van der Waals surface area contributed by atoms with Gasteiger partial charge in [-0.3, -0.25) is 0 Å². The molecule has 0 aromatic heterocycles. The maximum absolute atomic E-state index is 12.8. The number of piperidine rings is 1. The van der Waals surface area contributed by atoms with Gasteiger partial charge in [-0.1, -0.05) is 0 Å². The van der Waals surface area contributed by atoms with Gasteiger partial charge in [0.25, 0.3) is 0 Å². The Kier molecular flexibility index (Phi) is 3.64. The van der Waals surface area contributed by atoms with Crippen molar-refractivity contribution in [2.45, 2.75) is 18.4 Å². The van der Waals surface area contributed by atoms with Gasteiger partial charge in [0.1, 0.15) is 5.82 Å². The summed E-state index contributed by atoms with van der Waals surface area (Å²) < 4.78 is 12.8. The Balaban J connectivity index is 2.00. The summed E-state index contributed by atoms with van der Waals surface area (Å²) in [6, 6.07) is 6.36. The highest BCUT2D eigenvalue weighted by atomic mass is 19.1. The summed E-state index contributed by atoms with van der Waals surface area (Å²) in [6.45, 7) is 2.29. The Morgan fingerprint density at radius 1 is 1.29 bits per heavy atom. The number of anilines is 1. The van der Waals surface area contributed by atoms with Gasteiger partial charge in [0, 0.05) is 19.3 Å². The fraction of sp³-hybridized carbons (Fsp3) is 0.538. The van der Waals surface area contributed by atoms with Crippen LogP contribution >= 0.6 is 0 Å². The van der Waals surface area contributed by atoms with Crippen molar-refractivity contribution in [2.75, 3.05) is 31.6 Å². The minimum absolute atomic E-state index is 0.234. The Hall–Kier alpha value is -1.13. The van der Waals surface area contributed by atoms with Gasteiger partial charge in [-0.15, -0.1) is 0 Å². The molecule has 1 aromatic rings. The topological polar surface area (TPSA) is 35.5 Å². The molecule has 1 aliphatic heterocycles. The number of likely N-dealkylation sites (N-methyl/N-ethyl adjacent to an activating group) is 1. The molecule has 2 N–H and O–H groups in total. The highest BCUT2D eigenvalue weighted by Crippen LogP contribution is 2.22. The molecule has 2 rings (SSSR count). The van der Waals surface area contributed by atoms with Crippen LogP contribution in [0.3, 0.4) is 0 Å². The number of hydrogen-bond acceptors (Lipinski definition) is 3. The van der Waals surface area contributed by atoms with E-state index in [1.165, 1.54) is 12.1 Å². The van der Waals surface area contributed by atoms with Gasteiger partial charge in [0.15, 0.2) is 0 Å². The van der Waals surface area contributed by atoms with Crippen LogP contribution in [-0.2, 0) is 0 Å². The van der Waals surface area contributed by atoms with Crippen molar-refractivity contribution in [2.24, 2.45) is 0 Å². The molecule has 3 nitrogen and oxygen atoms in total. The first kappa shape index (κ1) is 12.3. The minimum atomic E-state index is -0.631. The summed E-state index contributed by atoms with van der Waals surface area (Å²) in [4.78, 5) is 1.98. The minimum Gasteiger partial charge on any atom is -0.388 e. The van der Waals surface area contributed by atoms with E-state index in [4.69, 9.17) is 0 Å². The zero-order valence-corrected chi connectivity index (χ0v) is 10.1. The summed E-state index contributed by atoms with van der Waals surface area (Å²) in [5.74, 6) is -0.234. The van der Waals surface area contributed by atoms with Crippen molar-refractivity contribution in [3.63, 3.8) is 0 Å². The third-order valence-electron chi connectivity index (χ3n) is 3.33. The molecule has 0 amide bonds. The van der Waals surface area contributed by atoms with Gasteiger partial charge in [-0.25, -0.2) is 4.39 Å². The highest BCUT2D eigenvalue weighted by molar-refractivity contribution is 5.45. The third kappa shape index (κ3) is 3.17. The predicted octanol–water partition coefficient (Wildman–Crippen LogP) is 1.38. The van der Waals surface area contributed by atoms with Crippen LogP contribution in [0.1, 0.15) is 12.8 Å². The average molecular weight is 238 g/mol. The molecule has 0 aliphatic carbocycles. The van der Waals surface area contributed by atoms with E-state index in [-0.39, 0.29) is 5.82 Å². The molecule has 17 heavy (non-hydrogen) atoms. The van der Waals surface area contributed by atoms with Crippen LogP contribution in [0.25, 0.3) is 0 Å². The van der Waals surface area contributed by atoms with Crippen molar-refractivity contribution in [3.05, 3.63) is 30.1 Å². The number of aliphatic hydroxyl groups is 1. The van der Waals surface area contributed by atoms with E-state index in [9.17, 15) is 9.50 Å². The number of hydrogen-bond donors (Lipinski definition) is 2. The second-order valence-electron chi connectivity index (χ2n) is 4.81. The maximum Gasteiger partial charge on any atom is 0.123 e. The molecule has 0 bridgehead atoms. The monoisotopic (exact) mass is 238 g/mol. The summed E-state index contributed by atoms with van der Waals surface area (Å²) >= 11 is 0. The number of rotatable bonds is 3. The normalized spacial score (nSPS) is 19.0. The predicted molar refractivity (Wildman–Crippen MR) is 66.7 cm³/mol. The molecule has 0 saturated carbocycles. The molecule has 1 saturated heterocycles. The Labute approximate surface area is 101 Å². The molecule has 1 aliphatic rings. The Morgan fingerprint density at radius 3 is 2.47 bits per heavy atom. The van der Waals surface area contributed by atoms with E-state index in [1.54, 1.807) is 12.1 Å². The zero-order valence-electron chi connectivity index (χ0n) is 10.1. The van der Waals surface area contributed by atoms with Gasteiger partial charge < -0.3 is 15.3 Å². The molecule has 0 radical (unpaired) electrons. The Morgan fingerprint density at radius 2 is 1.88 bits per heavy atom. The van der Waals surface area contributed by atoms with Crippen LogP contribution in [0.2, 0.25) is 0 Å². The first-order valence-electron chi connectivity index (χ1n) is 5.99. The third-order valence-corrected chi connectivity index (χ3v) is 3.33. The maximum atomic E-state index is 12.8. The highest BCUT2D eigenvalue weighted by Gasteiger charge is 2.30. The van der Waals surface area contributed by atoms with Crippen molar-refractivity contribution in [1.29, 1.82) is 0 Å². The van der Waals surface area contributed by atoms with Crippen LogP contribution in [0.4, 0.5) is 10.1 Å². The second-order valence-corrected chi connectivity index (χ2v) is 4.81. The fourth-order valence-corrected chi connectivity index (χ4v) is 2.28. The average Bonchev–Trinajstić information content (AvgIpc) is 2.30. The number of nitrogens with one attached hydrogen (secondary N) is 1. The van der Waals surface area contributed by atoms with Crippen LogP contribution in [0.15, 0.2) is 24.3 Å².